The van der Waals surface area contributed by atoms with Crippen molar-refractivity contribution >= 4 is 5.91 Å². The Kier molecular flexibility index (Phi) is 4.45. The molecule has 0 radical (unpaired) electrons. The number of aliphatic hydroxyl groups excluding tert-OH is 1. The van der Waals surface area contributed by atoms with Crippen LogP contribution in [0.2, 0.25) is 0 Å². The first-order valence-corrected chi connectivity index (χ1v) is 7.13. The van der Waals surface area contributed by atoms with E-state index in [0.717, 1.165) is 25.7 Å². The van der Waals surface area contributed by atoms with E-state index in [1.165, 1.54) is 0 Å². The highest BCUT2D eigenvalue weighted by atomic mass is 16.3. The van der Waals surface area contributed by atoms with Crippen LogP contribution in [0.4, 0.5) is 0 Å². The van der Waals surface area contributed by atoms with Crippen LogP contribution in [0, 0.1) is 5.92 Å². The van der Waals surface area contributed by atoms with E-state index >= 15 is 0 Å². The number of carbonyl (C=O) groups excluding carboxylic acids is 1. The third kappa shape index (κ3) is 3.37. The molecule has 1 fully saturated rings. The lowest BCUT2D eigenvalue weighted by Crippen LogP contribution is -2.53. The van der Waals surface area contributed by atoms with Crippen LogP contribution < -0.4 is 11.1 Å². The van der Waals surface area contributed by atoms with Crippen molar-refractivity contribution in [1.82, 2.24) is 15.1 Å². The summed E-state index contributed by atoms with van der Waals surface area (Å²) in [6.07, 6.45) is 6.42. The van der Waals surface area contributed by atoms with E-state index in [4.69, 9.17) is 5.73 Å². The number of hydrogen-bond acceptors (Lipinski definition) is 4. The van der Waals surface area contributed by atoms with Gasteiger partial charge >= 0.3 is 0 Å². The molecule has 1 saturated carbocycles. The topological polar surface area (TPSA) is 93.2 Å². The van der Waals surface area contributed by atoms with Crippen molar-refractivity contribution in [1.29, 1.82) is 0 Å². The molecule has 1 aliphatic rings. The standard InChI is InChI=1S/C14H24N4O2/c1-14(15)6-4-3-5-11(14)13(20)16-8-12(19)10-7-17-18(2)9-10/h7,9,11-12,19H,3-6,8,15H2,1-2H3,(H,16,20). The quantitative estimate of drug-likeness (QED) is 0.747. The fraction of sp³-hybridized carbons (Fsp3) is 0.714. The van der Waals surface area contributed by atoms with E-state index < -0.39 is 11.6 Å². The normalized spacial score (nSPS) is 28.1. The number of amides is 1. The molecule has 1 amide bonds. The number of nitrogens with one attached hydrogen (secondary N) is 1. The van der Waals surface area contributed by atoms with E-state index in [-0.39, 0.29) is 18.4 Å². The second-order valence-corrected chi connectivity index (χ2v) is 6.01. The molecule has 112 valence electrons. The fourth-order valence-corrected chi connectivity index (χ4v) is 2.84. The van der Waals surface area contributed by atoms with Gasteiger partial charge in [-0.15, -0.1) is 0 Å². The Hall–Kier alpha value is -1.40. The molecule has 3 unspecified atom stereocenters. The SMILES string of the molecule is Cn1cc(C(O)CNC(=O)C2CCCCC2(C)N)cn1. The maximum atomic E-state index is 12.2. The number of nitrogens with two attached hydrogens (primary N) is 1. The van der Waals surface area contributed by atoms with Crippen LogP contribution in [0.3, 0.4) is 0 Å². The number of aryl methyl sites for hydroxylation is 1. The molecule has 6 nitrogen and oxygen atoms in total. The molecule has 20 heavy (non-hydrogen) atoms. The average molecular weight is 280 g/mol. The van der Waals surface area contributed by atoms with Gasteiger partial charge in [-0.3, -0.25) is 9.48 Å². The fourth-order valence-electron chi connectivity index (χ4n) is 2.84. The highest BCUT2D eigenvalue weighted by molar-refractivity contribution is 5.80. The highest BCUT2D eigenvalue weighted by Crippen LogP contribution is 2.31. The first-order chi connectivity index (χ1) is 9.40. The maximum absolute atomic E-state index is 12.2. The van der Waals surface area contributed by atoms with Crippen LogP contribution in [0.25, 0.3) is 0 Å². The lowest BCUT2D eigenvalue weighted by atomic mass is 9.74. The zero-order valence-electron chi connectivity index (χ0n) is 12.2. The minimum atomic E-state index is -0.736. The van der Waals surface area contributed by atoms with Gasteiger partial charge in [0.25, 0.3) is 0 Å². The summed E-state index contributed by atoms with van der Waals surface area (Å²) < 4.78 is 1.62. The van der Waals surface area contributed by atoms with Crippen molar-refractivity contribution in [2.45, 2.75) is 44.2 Å². The molecule has 2 rings (SSSR count). The summed E-state index contributed by atoms with van der Waals surface area (Å²) in [6.45, 7) is 2.13. The van der Waals surface area contributed by atoms with Gasteiger partial charge in [-0.25, -0.2) is 0 Å². The van der Waals surface area contributed by atoms with Crippen LogP contribution in [-0.2, 0) is 11.8 Å². The summed E-state index contributed by atoms with van der Waals surface area (Å²) >= 11 is 0. The summed E-state index contributed by atoms with van der Waals surface area (Å²) in [5.41, 5.74) is 6.47. The molecule has 0 spiro atoms. The first-order valence-electron chi connectivity index (χ1n) is 7.13. The van der Waals surface area contributed by atoms with E-state index in [0.29, 0.717) is 5.56 Å². The Morgan fingerprint density at radius 2 is 2.45 bits per heavy atom. The Bertz CT molecular complexity index is 469. The second-order valence-electron chi connectivity index (χ2n) is 6.01. The van der Waals surface area contributed by atoms with Crippen molar-refractivity contribution in [3.8, 4) is 0 Å². The van der Waals surface area contributed by atoms with E-state index in [1.807, 2.05) is 6.92 Å². The van der Waals surface area contributed by atoms with Gasteiger partial charge in [-0.2, -0.15) is 5.10 Å². The Balaban J connectivity index is 1.88. The number of aliphatic hydroxyl groups is 1. The molecule has 0 bridgehead atoms. The smallest absolute Gasteiger partial charge is 0.225 e. The van der Waals surface area contributed by atoms with Gasteiger partial charge < -0.3 is 16.2 Å². The van der Waals surface area contributed by atoms with E-state index in [2.05, 4.69) is 10.4 Å². The van der Waals surface area contributed by atoms with Gasteiger partial charge in [0, 0.05) is 30.9 Å². The summed E-state index contributed by atoms with van der Waals surface area (Å²) in [7, 11) is 1.79. The summed E-state index contributed by atoms with van der Waals surface area (Å²) in [5.74, 6) is -0.227. The monoisotopic (exact) mass is 280 g/mol. The zero-order valence-corrected chi connectivity index (χ0v) is 12.2. The Labute approximate surface area is 119 Å². The number of hydrogen-bond donors (Lipinski definition) is 3. The van der Waals surface area contributed by atoms with Gasteiger partial charge in [-0.1, -0.05) is 12.8 Å². The molecule has 1 aliphatic carbocycles. The van der Waals surface area contributed by atoms with Crippen molar-refractivity contribution in [3.05, 3.63) is 18.0 Å². The van der Waals surface area contributed by atoms with Crippen molar-refractivity contribution < 1.29 is 9.90 Å². The zero-order chi connectivity index (χ0) is 14.8. The molecule has 3 atom stereocenters. The van der Waals surface area contributed by atoms with E-state index in [9.17, 15) is 9.90 Å². The molecule has 4 N–H and O–H groups in total. The highest BCUT2D eigenvalue weighted by Gasteiger charge is 2.37. The molecular formula is C14H24N4O2. The summed E-state index contributed by atoms with van der Waals surface area (Å²) in [5, 5.41) is 16.8. The van der Waals surface area contributed by atoms with Gasteiger partial charge in [0.1, 0.15) is 0 Å². The van der Waals surface area contributed by atoms with Gasteiger partial charge in [0.05, 0.1) is 18.2 Å². The molecule has 1 heterocycles. The van der Waals surface area contributed by atoms with Crippen LogP contribution in [0.5, 0.6) is 0 Å². The summed E-state index contributed by atoms with van der Waals surface area (Å²) in [4.78, 5) is 12.2. The third-order valence-corrected chi connectivity index (χ3v) is 4.15. The molecule has 0 aliphatic heterocycles. The predicted molar refractivity (Wildman–Crippen MR) is 75.7 cm³/mol. The first kappa shape index (κ1) is 15.0. The Morgan fingerprint density at radius 1 is 1.70 bits per heavy atom. The lowest BCUT2D eigenvalue weighted by Gasteiger charge is -2.37. The van der Waals surface area contributed by atoms with Crippen LogP contribution in [0.15, 0.2) is 12.4 Å². The van der Waals surface area contributed by atoms with Gasteiger partial charge in [-0.05, 0) is 19.8 Å². The van der Waals surface area contributed by atoms with Crippen LogP contribution >= 0.6 is 0 Å². The lowest BCUT2D eigenvalue weighted by molar-refractivity contribution is -0.128. The second kappa shape index (κ2) is 5.93. The number of nitrogens with zero attached hydrogens (tertiary/aromatic N) is 2. The largest absolute Gasteiger partial charge is 0.386 e. The molecule has 0 aromatic carbocycles. The third-order valence-electron chi connectivity index (χ3n) is 4.15. The molecule has 6 heteroatoms. The molecule has 0 saturated heterocycles. The predicted octanol–water partition coefficient (Wildman–Crippen LogP) is 0.477. The number of rotatable bonds is 4. The van der Waals surface area contributed by atoms with E-state index in [1.54, 1.807) is 24.1 Å². The molecule has 1 aromatic rings. The van der Waals surface area contributed by atoms with Crippen LogP contribution in [0.1, 0.15) is 44.3 Å². The number of aromatic nitrogens is 2. The average Bonchev–Trinajstić information content (AvgIpc) is 2.82. The molecule has 1 aromatic heterocycles. The van der Waals surface area contributed by atoms with Crippen molar-refractivity contribution in [3.63, 3.8) is 0 Å². The summed E-state index contributed by atoms with van der Waals surface area (Å²) in [6, 6.07) is 0. The van der Waals surface area contributed by atoms with Crippen molar-refractivity contribution in [2.24, 2.45) is 18.7 Å². The van der Waals surface area contributed by atoms with Gasteiger partial charge in [0.15, 0.2) is 0 Å². The van der Waals surface area contributed by atoms with Crippen molar-refractivity contribution in [2.75, 3.05) is 6.54 Å². The minimum Gasteiger partial charge on any atom is -0.386 e. The minimum absolute atomic E-state index is 0.0577. The van der Waals surface area contributed by atoms with Gasteiger partial charge in [0.2, 0.25) is 5.91 Å². The molecular weight excluding hydrogens is 256 g/mol. The van der Waals surface area contributed by atoms with Crippen LogP contribution in [-0.4, -0.2) is 32.9 Å². The maximum Gasteiger partial charge on any atom is 0.225 e. The Morgan fingerprint density at radius 3 is 3.05 bits per heavy atom. The number of carbonyl (C=O) groups is 1.